The zero-order chi connectivity index (χ0) is 14.8. The predicted octanol–water partition coefficient (Wildman–Crippen LogP) is 4.97. The second-order valence-electron chi connectivity index (χ2n) is 6.14. The molecule has 3 aromatic carbocycles. The van der Waals surface area contributed by atoms with E-state index in [4.69, 9.17) is 0 Å². The molecule has 4 rings (SSSR count). The second kappa shape index (κ2) is 5.94. The number of piperidine rings is 1. The third kappa shape index (κ3) is 2.42. The Balaban J connectivity index is 1.88. The predicted molar refractivity (Wildman–Crippen MR) is 94.2 cm³/mol. The summed E-state index contributed by atoms with van der Waals surface area (Å²) in [6.45, 7) is 2.28. The molecule has 0 amide bonds. The minimum Gasteiger partial charge on any atom is -0.317 e. The summed E-state index contributed by atoms with van der Waals surface area (Å²) in [6.07, 6.45) is 2.49. The normalized spacial score (nSPS) is 16.0. The summed E-state index contributed by atoms with van der Waals surface area (Å²) < 4.78 is 0. The minimum atomic E-state index is 0.691. The van der Waals surface area contributed by atoms with Crippen LogP contribution >= 0.6 is 0 Å². The van der Waals surface area contributed by atoms with Crippen molar-refractivity contribution in [3.8, 4) is 11.1 Å². The van der Waals surface area contributed by atoms with Gasteiger partial charge in [-0.3, -0.25) is 0 Å². The van der Waals surface area contributed by atoms with Gasteiger partial charge in [-0.05, 0) is 59.3 Å². The molecule has 1 heterocycles. The molecule has 0 saturated carbocycles. The smallest absolute Gasteiger partial charge is 0.00431 e. The molecular weight excluding hydrogens is 266 g/mol. The van der Waals surface area contributed by atoms with Crippen molar-refractivity contribution in [2.24, 2.45) is 0 Å². The van der Waals surface area contributed by atoms with Crippen LogP contribution in [0.2, 0.25) is 0 Å². The number of hydrogen-bond acceptors (Lipinski definition) is 1. The first-order valence-electron chi connectivity index (χ1n) is 8.21. The fourth-order valence-electron chi connectivity index (χ4n) is 3.68. The highest BCUT2D eigenvalue weighted by Crippen LogP contribution is 2.36. The van der Waals surface area contributed by atoms with Crippen molar-refractivity contribution < 1.29 is 0 Å². The summed E-state index contributed by atoms with van der Waals surface area (Å²) in [7, 11) is 0. The third-order valence-electron chi connectivity index (χ3n) is 4.82. The molecule has 0 atom stereocenters. The van der Waals surface area contributed by atoms with Gasteiger partial charge < -0.3 is 5.32 Å². The summed E-state index contributed by atoms with van der Waals surface area (Å²) in [5.74, 6) is 0.691. The first-order valence-corrected chi connectivity index (χ1v) is 8.21. The van der Waals surface area contributed by atoms with E-state index in [1.54, 1.807) is 0 Å². The topological polar surface area (TPSA) is 12.0 Å². The van der Waals surface area contributed by atoms with Crippen molar-refractivity contribution in [3.63, 3.8) is 0 Å². The Bertz CT molecular complexity index is 770. The zero-order valence-corrected chi connectivity index (χ0v) is 12.8. The quantitative estimate of drug-likeness (QED) is 0.701. The van der Waals surface area contributed by atoms with Crippen LogP contribution in [-0.2, 0) is 0 Å². The van der Waals surface area contributed by atoms with Crippen molar-refractivity contribution in [2.75, 3.05) is 13.1 Å². The molecule has 1 heteroatoms. The summed E-state index contributed by atoms with van der Waals surface area (Å²) in [4.78, 5) is 0. The molecule has 1 N–H and O–H groups in total. The molecule has 1 fully saturated rings. The Labute approximate surface area is 132 Å². The van der Waals surface area contributed by atoms with E-state index in [2.05, 4.69) is 72.0 Å². The number of fused-ring (bicyclic) bond motifs is 1. The molecule has 1 nitrogen and oxygen atoms in total. The van der Waals surface area contributed by atoms with Gasteiger partial charge in [-0.2, -0.15) is 0 Å². The fourth-order valence-corrected chi connectivity index (χ4v) is 3.68. The van der Waals surface area contributed by atoms with E-state index >= 15 is 0 Å². The van der Waals surface area contributed by atoms with Crippen molar-refractivity contribution in [2.45, 2.75) is 18.8 Å². The summed E-state index contributed by atoms with van der Waals surface area (Å²) in [6, 6.07) is 24.3. The van der Waals surface area contributed by atoms with Crippen molar-refractivity contribution in [3.05, 3.63) is 72.3 Å². The molecule has 22 heavy (non-hydrogen) atoms. The van der Waals surface area contributed by atoms with Gasteiger partial charge >= 0.3 is 0 Å². The van der Waals surface area contributed by atoms with Crippen LogP contribution in [0.1, 0.15) is 24.3 Å². The minimum absolute atomic E-state index is 0.691. The lowest BCUT2D eigenvalue weighted by Gasteiger charge is -2.25. The molecule has 0 spiro atoms. The van der Waals surface area contributed by atoms with E-state index in [9.17, 15) is 0 Å². The van der Waals surface area contributed by atoms with E-state index in [1.807, 2.05) is 0 Å². The van der Waals surface area contributed by atoms with Crippen LogP contribution in [0.25, 0.3) is 21.9 Å². The van der Waals surface area contributed by atoms with Crippen LogP contribution in [0, 0.1) is 0 Å². The average molecular weight is 287 g/mol. The monoisotopic (exact) mass is 287 g/mol. The van der Waals surface area contributed by atoms with Crippen LogP contribution in [0.15, 0.2) is 66.7 Å². The van der Waals surface area contributed by atoms with Gasteiger partial charge in [0.2, 0.25) is 0 Å². The summed E-state index contributed by atoms with van der Waals surface area (Å²) in [5, 5.41) is 6.28. The maximum Gasteiger partial charge on any atom is -0.00431 e. The van der Waals surface area contributed by atoms with Crippen LogP contribution in [-0.4, -0.2) is 13.1 Å². The zero-order valence-electron chi connectivity index (χ0n) is 12.8. The molecule has 0 bridgehead atoms. The Morgan fingerprint density at radius 3 is 2.14 bits per heavy atom. The average Bonchev–Trinajstić information content (AvgIpc) is 2.62. The van der Waals surface area contributed by atoms with E-state index in [0.717, 1.165) is 13.1 Å². The Morgan fingerprint density at radius 1 is 0.682 bits per heavy atom. The van der Waals surface area contributed by atoms with Gasteiger partial charge in [0.05, 0.1) is 0 Å². The van der Waals surface area contributed by atoms with Crippen molar-refractivity contribution in [1.29, 1.82) is 0 Å². The first-order chi connectivity index (χ1) is 10.9. The van der Waals surface area contributed by atoms with Crippen molar-refractivity contribution >= 4 is 10.8 Å². The van der Waals surface area contributed by atoms with Gasteiger partial charge in [0.15, 0.2) is 0 Å². The molecule has 0 aromatic heterocycles. The number of benzene rings is 3. The standard InChI is InChI=1S/C21H21N/c1-2-6-16(7-3-1)18-10-11-19(17-12-14-22-15-13-17)21-9-5-4-8-20(18)21/h1-11,17,22H,12-15H2. The highest BCUT2D eigenvalue weighted by atomic mass is 14.9. The SMILES string of the molecule is c1ccc(-c2ccc(C3CCNCC3)c3ccccc23)cc1. The number of rotatable bonds is 2. The Morgan fingerprint density at radius 2 is 1.36 bits per heavy atom. The van der Waals surface area contributed by atoms with Crippen LogP contribution < -0.4 is 5.32 Å². The van der Waals surface area contributed by atoms with Gasteiger partial charge in [-0.1, -0.05) is 66.7 Å². The van der Waals surface area contributed by atoms with Gasteiger partial charge in [-0.25, -0.2) is 0 Å². The summed E-state index contributed by atoms with van der Waals surface area (Å²) >= 11 is 0. The number of nitrogens with one attached hydrogen (secondary N) is 1. The van der Waals surface area contributed by atoms with E-state index in [1.165, 1.54) is 40.3 Å². The molecule has 0 aliphatic carbocycles. The molecule has 1 aliphatic rings. The van der Waals surface area contributed by atoms with Crippen LogP contribution in [0.4, 0.5) is 0 Å². The lowest BCUT2D eigenvalue weighted by atomic mass is 9.85. The van der Waals surface area contributed by atoms with Gasteiger partial charge in [0.25, 0.3) is 0 Å². The van der Waals surface area contributed by atoms with E-state index in [-0.39, 0.29) is 0 Å². The Kier molecular flexibility index (Phi) is 3.65. The fraction of sp³-hybridized carbons (Fsp3) is 0.238. The highest BCUT2D eigenvalue weighted by molar-refractivity contribution is 5.98. The number of hydrogen-bond donors (Lipinski definition) is 1. The van der Waals surface area contributed by atoms with E-state index < -0.39 is 0 Å². The van der Waals surface area contributed by atoms with Crippen LogP contribution in [0.3, 0.4) is 0 Å². The lowest BCUT2D eigenvalue weighted by Crippen LogP contribution is -2.26. The first kappa shape index (κ1) is 13.5. The van der Waals surface area contributed by atoms with Gasteiger partial charge in [-0.15, -0.1) is 0 Å². The van der Waals surface area contributed by atoms with E-state index in [0.29, 0.717) is 5.92 Å². The Hall–Kier alpha value is -2.12. The molecule has 0 unspecified atom stereocenters. The molecule has 3 aromatic rings. The highest BCUT2D eigenvalue weighted by Gasteiger charge is 2.18. The van der Waals surface area contributed by atoms with Crippen LogP contribution in [0.5, 0.6) is 0 Å². The lowest BCUT2D eigenvalue weighted by molar-refractivity contribution is 0.462. The molecular formula is C21H21N. The third-order valence-corrected chi connectivity index (χ3v) is 4.82. The maximum absolute atomic E-state index is 3.47. The summed E-state index contributed by atoms with van der Waals surface area (Å²) in [5.41, 5.74) is 4.17. The molecule has 1 saturated heterocycles. The van der Waals surface area contributed by atoms with Gasteiger partial charge in [0.1, 0.15) is 0 Å². The second-order valence-corrected chi connectivity index (χ2v) is 6.14. The van der Waals surface area contributed by atoms with Gasteiger partial charge in [0, 0.05) is 0 Å². The molecule has 110 valence electrons. The largest absolute Gasteiger partial charge is 0.317 e. The molecule has 1 aliphatic heterocycles. The maximum atomic E-state index is 3.47. The molecule has 0 radical (unpaired) electrons. The van der Waals surface area contributed by atoms with Crippen molar-refractivity contribution in [1.82, 2.24) is 5.32 Å².